The van der Waals surface area contributed by atoms with E-state index >= 15 is 0 Å². The molecule has 1 fully saturated rings. The van der Waals surface area contributed by atoms with Crippen molar-refractivity contribution in [3.8, 4) is 23.0 Å². The van der Waals surface area contributed by atoms with Crippen LogP contribution in [0.1, 0.15) is 35.3 Å². The quantitative estimate of drug-likeness (QED) is 0.662. The lowest BCUT2D eigenvalue weighted by atomic mass is 10.0. The molecule has 3 heterocycles. The number of hydrogen-bond acceptors (Lipinski definition) is 5. The van der Waals surface area contributed by atoms with Crippen LogP contribution in [0.2, 0.25) is 0 Å². The molecule has 0 spiro atoms. The van der Waals surface area contributed by atoms with Crippen LogP contribution >= 0.6 is 0 Å². The fourth-order valence-corrected chi connectivity index (χ4v) is 4.27. The maximum Gasteiger partial charge on any atom is 0.280 e. The number of aromatic nitrogens is 3. The molecule has 1 aromatic carbocycles. The standard InChI is InChI=1S/C24H25FN6O2/c1-4-29-7-8-30(14-16(29)3)23(32)17-5-6-22(27-12-17)31-24(33)20(13-28-31)19-10-21(25)18(11-26)9-15(19)2/h5-6,9-10,12-13,16,28H,4,7-8,14H2,1-3H3. The first-order valence-electron chi connectivity index (χ1n) is 10.8. The Balaban J connectivity index is 1.57. The minimum atomic E-state index is -0.680. The number of aryl methyl sites for hydroxylation is 1. The van der Waals surface area contributed by atoms with Crippen molar-refractivity contribution in [3.05, 3.63) is 69.5 Å². The number of benzene rings is 1. The highest BCUT2D eigenvalue weighted by atomic mass is 19.1. The highest BCUT2D eigenvalue weighted by molar-refractivity contribution is 5.94. The summed E-state index contributed by atoms with van der Waals surface area (Å²) in [5.74, 6) is -0.445. The van der Waals surface area contributed by atoms with Gasteiger partial charge in [0, 0.05) is 38.1 Å². The van der Waals surface area contributed by atoms with Gasteiger partial charge in [0.2, 0.25) is 0 Å². The molecule has 0 saturated carbocycles. The number of pyridine rings is 1. The van der Waals surface area contributed by atoms with Crippen LogP contribution in [-0.2, 0) is 0 Å². The van der Waals surface area contributed by atoms with E-state index in [-0.39, 0.29) is 17.0 Å². The lowest BCUT2D eigenvalue weighted by Gasteiger charge is -2.39. The molecule has 1 atom stereocenters. The molecule has 1 aliphatic rings. The summed E-state index contributed by atoms with van der Waals surface area (Å²) in [4.78, 5) is 34.3. The number of nitrogens with one attached hydrogen (secondary N) is 1. The van der Waals surface area contributed by atoms with E-state index < -0.39 is 11.4 Å². The average Bonchev–Trinajstić information content (AvgIpc) is 3.20. The fourth-order valence-electron chi connectivity index (χ4n) is 4.27. The summed E-state index contributed by atoms with van der Waals surface area (Å²) in [6.45, 7) is 9.07. The Morgan fingerprint density at radius 3 is 2.73 bits per heavy atom. The van der Waals surface area contributed by atoms with E-state index in [4.69, 9.17) is 5.26 Å². The van der Waals surface area contributed by atoms with Gasteiger partial charge >= 0.3 is 0 Å². The fraction of sp³-hybridized carbons (Fsp3) is 0.333. The number of carbonyl (C=O) groups excluding carboxylic acids is 1. The summed E-state index contributed by atoms with van der Waals surface area (Å²) in [6.07, 6.45) is 2.94. The molecular formula is C24H25FN6O2. The average molecular weight is 449 g/mol. The van der Waals surface area contributed by atoms with Crippen LogP contribution in [0.15, 0.2) is 41.5 Å². The van der Waals surface area contributed by atoms with Crippen LogP contribution < -0.4 is 5.56 Å². The Labute approximate surface area is 190 Å². The largest absolute Gasteiger partial charge is 0.336 e. The van der Waals surface area contributed by atoms with Gasteiger partial charge in [0.1, 0.15) is 11.9 Å². The van der Waals surface area contributed by atoms with Crippen LogP contribution in [-0.4, -0.2) is 62.7 Å². The maximum atomic E-state index is 14.1. The number of aromatic amines is 1. The molecule has 4 rings (SSSR count). The molecule has 0 aliphatic carbocycles. The highest BCUT2D eigenvalue weighted by Gasteiger charge is 2.26. The number of hydrogen-bond donors (Lipinski definition) is 1. The van der Waals surface area contributed by atoms with Crippen molar-refractivity contribution in [1.29, 1.82) is 5.26 Å². The predicted octanol–water partition coefficient (Wildman–Crippen LogP) is 2.71. The molecule has 9 heteroatoms. The molecule has 0 radical (unpaired) electrons. The second kappa shape index (κ2) is 9.00. The number of nitriles is 1. The minimum Gasteiger partial charge on any atom is -0.336 e. The monoisotopic (exact) mass is 448 g/mol. The third-order valence-corrected chi connectivity index (χ3v) is 6.18. The Morgan fingerprint density at radius 1 is 1.30 bits per heavy atom. The molecule has 2 aromatic heterocycles. The molecule has 1 aliphatic heterocycles. The Kier molecular flexibility index (Phi) is 6.11. The second-order valence-electron chi connectivity index (χ2n) is 8.22. The first-order chi connectivity index (χ1) is 15.8. The summed E-state index contributed by atoms with van der Waals surface area (Å²) in [5.41, 5.74) is 1.26. The van der Waals surface area contributed by atoms with Gasteiger partial charge in [-0.25, -0.2) is 14.1 Å². The molecule has 1 N–H and O–H groups in total. The molecule has 3 aromatic rings. The number of rotatable bonds is 4. The summed E-state index contributed by atoms with van der Waals surface area (Å²) in [6, 6.07) is 7.96. The molecule has 33 heavy (non-hydrogen) atoms. The smallest absolute Gasteiger partial charge is 0.280 e. The van der Waals surface area contributed by atoms with Gasteiger partial charge in [-0.15, -0.1) is 0 Å². The first kappa shape index (κ1) is 22.4. The van der Waals surface area contributed by atoms with Gasteiger partial charge in [-0.1, -0.05) is 6.92 Å². The van der Waals surface area contributed by atoms with Gasteiger partial charge in [0.15, 0.2) is 5.82 Å². The topological polar surface area (TPSA) is 98.0 Å². The molecule has 170 valence electrons. The van der Waals surface area contributed by atoms with Crippen molar-refractivity contribution in [3.63, 3.8) is 0 Å². The van der Waals surface area contributed by atoms with E-state index in [1.54, 1.807) is 25.1 Å². The van der Waals surface area contributed by atoms with Crippen LogP contribution in [0.4, 0.5) is 4.39 Å². The summed E-state index contributed by atoms with van der Waals surface area (Å²) in [7, 11) is 0. The molecule has 0 bridgehead atoms. The third-order valence-electron chi connectivity index (χ3n) is 6.18. The number of piperazine rings is 1. The maximum absolute atomic E-state index is 14.1. The van der Waals surface area contributed by atoms with Crippen molar-refractivity contribution < 1.29 is 9.18 Å². The number of H-pyrrole nitrogens is 1. The molecule has 1 saturated heterocycles. The predicted molar refractivity (Wildman–Crippen MR) is 122 cm³/mol. The SMILES string of the molecule is CCN1CCN(C(=O)c2ccc(-n3[nH]cc(-c4cc(F)c(C#N)cc4C)c3=O)nc2)CC1C. The lowest BCUT2D eigenvalue weighted by Crippen LogP contribution is -2.53. The van der Waals surface area contributed by atoms with Gasteiger partial charge in [-0.2, -0.15) is 5.26 Å². The molecule has 8 nitrogen and oxygen atoms in total. The summed E-state index contributed by atoms with van der Waals surface area (Å²) >= 11 is 0. The van der Waals surface area contributed by atoms with E-state index in [9.17, 15) is 14.0 Å². The van der Waals surface area contributed by atoms with Crippen molar-refractivity contribution in [2.24, 2.45) is 0 Å². The zero-order chi connectivity index (χ0) is 23.7. The molecule has 1 unspecified atom stereocenters. The number of nitrogens with zero attached hydrogens (tertiary/aromatic N) is 5. The van der Waals surface area contributed by atoms with Gasteiger partial charge in [0.25, 0.3) is 11.5 Å². The number of halogens is 1. The van der Waals surface area contributed by atoms with E-state index in [2.05, 4.69) is 28.8 Å². The van der Waals surface area contributed by atoms with E-state index in [1.165, 1.54) is 29.2 Å². The van der Waals surface area contributed by atoms with Crippen molar-refractivity contribution >= 4 is 5.91 Å². The zero-order valence-corrected chi connectivity index (χ0v) is 18.8. The van der Waals surface area contributed by atoms with E-state index in [1.807, 2.05) is 4.90 Å². The third kappa shape index (κ3) is 4.17. The van der Waals surface area contributed by atoms with E-state index in [0.717, 1.165) is 13.1 Å². The van der Waals surface area contributed by atoms with Crippen LogP contribution in [0.3, 0.4) is 0 Å². The normalized spacial score (nSPS) is 16.6. The minimum absolute atomic E-state index is 0.0699. The first-order valence-corrected chi connectivity index (χ1v) is 10.8. The zero-order valence-electron chi connectivity index (χ0n) is 18.8. The molecular weight excluding hydrogens is 423 g/mol. The van der Waals surface area contributed by atoms with Crippen LogP contribution in [0, 0.1) is 24.1 Å². The van der Waals surface area contributed by atoms with Gasteiger partial charge in [-0.3, -0.25) is 19.6 Å². The summed E-state index contributed by atoms with van der Waals surface area (Å²) in [5, 5.41) is 11.8. The second-order valence-corrected chi connectivity index (χ2v) is 8.22. The van der Waals surface area contributed by atoms with E-state index in [0.29, 0.717) is 41.6 Å². The van der Waals surface area contributed by atoms with Crippen molar-refractivity contribution in [2.45, 2.75) is 26.8 Å². The lowest BCUT2D eigenvalue weighted by molar-refractivity contribution is 0.0528. The highest BCUT2D eigenvalue weighted by Crippen LogP contribution is 2.24. The number of amides is 1. The summed E-state index contributed by atoms with van der Waals surface area (Å²) < 4.78 is 15.4. The van der Waals surface area contributed by atoms with Gasteiger partial charge in [-0.05, 0) is 55.8 Å². The van der Waals surface area contributed by atoms with Gasteiger partial charge < -0.3 is 4.90 Å². The van der Waals surface area contributed by atoms with Crippen molar-refractivity contribution in [1.82, 2.24) is 24.6 Å². The number of likely N-dealkylation sites (N-methyl/N-ethyl adjacent to an activating group) is 1. The van der Waals surface area contributed by atoms with Gasteiger partial charge in [0.05, 0.1) is 16.7 Å². The Bertz CT molecular complexity index is 1290. The number of carbonyl (C=O) groups is 1. The van der Waals surface area contributed by atoms with Crippen LogP contribution in [0.5, 0.6) is 0 Å². The Hall–Kier alpha value is -3.77. The Morgan fingerprint density at radius 2 is 2.09 bits per heavy atom. The molecule has 1 amide bonds. The van der Waals surface area contributed by atoms with Crippen molar-refractivity contribution in [2.75, 3.05) is 26.2 Å². The van der Waals surface area contributed by atoms with Crippen LogP contribution in [0.25, 0.3) is 16.9 Å².